The van der Waals surface area contributed by atoms with Crippen LogP contribution in [0.2, 0.25) is 0 Å². The van der Waals surface area contributed by atoms with Crippen LogP contribution in [0, 0.1) is 5.82 Å². The molecule has 0 saturated heterocycles. The lowest BCUT2D eigenvalue weighted by atomic mass is 9.89. The standard InChI is InChI=1S/C10H11FO/c11-8-4-5-9-7(6-8)2-1-3-10(9)12/h4-6,10,12H,1-3H2. The van der Waals surface area contributed by atoms with E-state index < -0.39 is 0 Å². The molecule has 12 heavy (non-hydrogen) atoms. The number of hydrogen-bond donors (Lipinski definition) is 1. The molecule has 0 spiro atoms. The number of aliphatic hydroxyl groups is 1. The molecule has 1 aromatic carbocycles. The van der Waals surface area contributed by atoms with Gasteiger partial charge in [-0.05, 0) is 42.5 Å². The second-order valence-electron chi connectivity index (χ2n) is 3.25. The lowest BCUT2D eigenvalue weighted by Crippen LogP contribution is -2.08. The maximum absolute atomic E-state index is 12.7. The summed E-state index contributed by atoms with van der Waals surface area (Å²) in [4.78, 5) is 0. The van der Waals surface area contributed by atoms with Crippen LogP contribution in [0.25, 0.3) is 0 Å². The molecule has 0 saturated carbocycles. The van der Waals surface area contributed by atoms with E-state index in [1.165, 1.54) is 12.1 Å². The summed E-state index contributed by atoms with van der Waals surface area (Å²) in [6, 6.07) is 4.62. The molecular weight excluding hydrogens is 155 g/mol. The van der Waals surface area contributed by atoms with Gasteiger partial charge in [0.2, 0.25) is 0 Å². The van der Waals surface area contributed by atoms with E-state index in [1.54, 1.807) is 6.07 Å². The fourth-order valence-corrected chi connectivity index (χ4v) is 1.76. The summed E-state index contributed by atoms with van der Waals surface area (Å²) in [5.74, 6) is -0.206. The van der Waals surface area contributed by atoms with Gasteiger partial charge in [-0.3, -0.25) is 0 Å². The number of rotatable bonds is 0. The molecule has 0 aromatic heterocycles. The van der Waals surface area contributed by atoms with E-state index in [-0.39, 0.29) is 11.9 Å². The number of halogens is 1. The van der Waals surface area contributed by atoms with Gasteiger partial charge in [-0.1, -0.05) is 6.07 Å². The van der Waals surface area contributed by atoms with Gasteiger partial charge in [0.1, 0.15) is 5.82 Å². The highest BCUT2D eigenvalue weighted by atomic mass is 19.1. The van der Waals surface area contributed by atoms with Crippen LogP contribution in [0.4, 0.5) is 4.39 Å². The predicted octanol–water partition coefficient (Wildman–Crippen LogP) is 2.20. The molecule has 2 heteroatoms. The molecule has 0 bridgehead atoms. The minimum absolute atomic E-state index is 0.206. The van der Waals surface area contributed by atoms with Crippen LogP contribution in [0.15, 0.2) is 18.2 Å². The Hall–Kier alpha value is -0.890. The summed E-state index contributed by atoms with van der Waals surface area (Å²) in [6.07, 6.45) is 2.27. The highest BCUT2D eigenvalue weighted by Crippen LogP contribution is 2.29. The first-order valence-electron chi connectivity index (χ1n) is 4.24. The summed E-state index contributed by atoms with van der Waals surface area (Å²) in [5, 5.41) is 9.53. The van der Waals surface area contributed by atoms with Crippen molar-refractivity contribution in [1.82, 2.24) is 0 Å². The van der Waals surface area contributed by atoms with Crippen molar-refractivity contribution in [2.24, 2.45) is 0 Å². The molecule has 1 nitrogen and oxygen atoms in total. The topological polar surface area (TPSA) is 20.2 Å². The van der Waals surface area contributed by atoms with Gasteiger partial charge in [-0.2, -0.15) is 0 Å². The Morgan fingerprint density at radius 3 is 3.08 bits per heavy atom. The molecular formula is C10H11FO. The third-order valence-electron chi connectivity index (χ3n) is 2.39. The van der Waals surface area contributed by atoms with Crippen molar-refractivity contribution in [3.05, 3.63) is 35.1 Å². The van der Waals surface area contributed by atoms with Crippen molar-refractivity contribution in [2.45, 2.75) is 25.4 Å². The Kier molecular flexibility index (Phi) is 1.85. The van der Waals surface area contributed by atoms with Crippen LogP contribution < -0.4 is 0 Å². The van der Waals surface area contributed by atoms with Gasteiger partial charge in [-0.15, -0.1) is 0 Å². The summed E-state index contributed by atoms with van der Waals surface area (Å²) < 4.78 is 12.7. The van der Waals surface area contributed by atoms with Crippen molar-refractivity contribution in [1.29, 1.82) is 0 Å². The SMILES string of the molecule is OC1CCCc2cc(F)ccc21. The van der Waals surface area contributed by atoms with Gasteiger partial charge < -0.3 is 5.11 Å². The summed E-state index contributed by atoms with van der Waals surface area (Å²) in [7, 11) is 0. The minimum Gasteiger partial charge on any atom is -0.388 e. The fourth-order valence-electron chi connectivity index (χ4n) is 1.76. The zero-order valence-corrected chi connectivity index (χ0v) is 6.76. The third-order valence-corrected chi connectivity index (χ3v) is 2.39. The van der Waals surface area contributed by atoms with Crippen LogP contribution in [-0.2, 0) is 6.42 Å². The molecule has 64 valence electrons. The second kappa shape index (κ2) is 2.87. The fraction of sp³-hybridized carbons (Fsp3) is 0.400. The van der Waals surface area contributed by atoms with E-state index in [2.05, 4.69) is 0 Å². The maximum Gasteiger partial charge on any atom is 0.123 e. The summed E-state index contributed by atoms with van der Waals surface area (Å²) >= 11 is 0. The largest absolute Gasteiger partial charge is 0.388 e. The summed E-state index contributed by atoms with van der Waals surface area (Å²) in [6.45, 7) is 0. The minimum atomic E-state index is -0.380. The van der Waals surface area contributed by atoms with Crippen molar-refractivity contribution in [2.75, 3.05) is 0 Å². The molecule has 0 amide bonds. The molecule has 0 radical (unpaired) electrons. The van der Waals surface area contributed by atoms with E-state index in [1.807, 2.05) is 0 Å². The number of fused-ring (bicyclic) bond motifs is 1. The lowest BCUT2D eigenvalue weighted by molar-refractivity contribution is 0.156. The quantitative estimate of drug-likeness (QED) is 0.626. The molecule has 0 aliphatic heterocycles. The highest BCUT2D eigenvalue weighted by molar-refractivity contribution is 5.31. The van der Waals surface area contributed by atoms with E-state index in [4.69, 9.17) is 0 Å². The average molecular weight is 166 g/mol. The maximum atomic E-state index is 12.7. The van der Waals surface area contributed by atoms with Crippen LogP contribution >= 0.6 is 0 Å². The van der Waals surface area contributed by atoms with Gasteiger partial charge in [0.15, 0.2) is 0 Å². The number of benzene rings is 1. The van der Waals surface area contributed by atoms with Gasteiger partial charge in [0.05, 0.1) is 6.10 Å². The number of hydrogen-bond acceptors (Lipinski definition) is 1. The second-order valence-corrected chi connectivity index (χ2v) is 3.25. The Morgan fingerprint density at radius 2 is 2.25 bits per heavy atom. The highest BCUT2D eigenvalue weighted by Gasteiger charge is 2.17. The lowest BCUT2D eigenvalue weighted by Gasteiger charge is -2.20. The van der Waals surface area contributed by atoms with E-state index in [0.717, 1.165) is 30.4 Å². The van der Waals surface area contributed by atoms with E-state index in [9.17, 15) is 9.50 Å². The number of aliphatic hydroxyl groups excluding tert-OH is 1. The Morgan fingerprint density at radius 1 is 1.42 bits per heavy atom. The number of aryl methyl sites for hydroxylation is 1. The molecule has 1 unspecified atom stereocenters. The molecule has 1 N–H and O–H groups in total. The van der Waals surface area contributed by atoms with Crippen molar-refractivity contribution >= 4 is 0 Å². The first-order chi connectivity index (χ1) is 5.77. The first-order valence-corrected chi connectivity index (χ1v) is 4.24. The van der Waals surface area contributed by atoms with Crippen molar-refractivity contribution in [3.63, 3.8) is 0 Å². The van der Waals surface area contributed by atoms with Gasteiger partial charge in [0.25, 0.3) is 0 Å². The first kappa shape index (κ1) is 7.74. The zero-order valence-electron chi connectivity index (χ0n) is 6.76. The normalized spacial score (nSPS) is 22.0. The average Bonchev–Trinajstić information content (AvgIpc) is 2.04. The van der Waals surface area contributed by atoms with E-state index >= 15 is 0 Å². The van der Waals surface area contributed by atoms with Crippen LogP contribution in [0.5, 0.6) is 0 Å². The molecule has 2 rings (SSSR count). The monoisotopic (exact) mass is 166 g/mol. The molecule has 1 aliphatic carbocycles. The van der Waals surface area contributed by atoms with Crippen LogP contribution in [0.3, 0.4) is 0 Å². The van der Waals surface area contributed by atoms with Crippen LogP contribution in [-0.4, -0.2) is 5.11 Å². The smallest absolute Gasteiger partial charge is 0.123 e. The summed E-state index contributed by atoms with van der Waals surface area (Å²) in [5.41, 5.74) is 1.87. The van der Waals surface area contributed by atoms with Gasteiger partial charge >= 0.3 is 0 Å². The molecule has 1 aromatic rings. The molecule has 1 aliphatic rings. The van der Waals surface area contributed by atoms with Gasteiger partial charge in [-0.25, -0.2) is 4.39 Å². The van der Waals surface area contributed by atoms with Crippen LogP contribution in [0.1, 0.15) is 30.1 Å². The Bertz CT molecular complexity index is 296. The molecule has 0 heterocycles. The Balaban J connectivity index is 2.46. The van der Waals surface area contributed by atoms with Crippen molar-refractivity contribution < 1.29 is 9.50 Å². The molecule has 0 fully saturated rings. The Labute approximate surface area is 70.8 Å². The predicted molar refractivity (Wildman–Crippen MR) is 44.3 cm³/mol. The van der Waals surface area contributed by atoms with E-state index in [0.29, 0.717) is 0 Å². The zero-order chi connectivity index (χ0) is 8.55. The van der Waals surface area contributed by atoms with Gasteiger partial charge in [0, 0.05) is 0 Å². The third kappa shape index (κ3) is 1.23. The molecule has 1 atom stereocenters. The van der Waals surface area contributed by atoms with Crippen molar-refractivity contribution in [3.8, 4) is 0 Å².